The summed E-state index contributed by atoms with van der Waals surface area (Å²) in [5, 5.41) is 0. The summed E-state index contributed by atoms with van der Waals surface area (Å²) in [6.45, 7) is 2.05. The molecule has 0 N–H and O–H groups in total. The molecule has 2 aromatic rings. The van der Waals surface area contributed by atoms with E-state index in [1.165, 1.54) is 13.2 Å². The summed E-state index contributed by atoms with van der Waals surface area (Å²) in [5.41, 5.74) is 1.37. The third-order valence-electron chi connectivity index (χ3n) is 5.54. The van der Waals surface area contributed by atoms with Crippen molar-refractivity contribution in [1.29, 1.82) is 0 Å². The van der Waals surface area contributed by atoms with Crippen LogP contribution in [-0.4, -0.2) is 72.5 Å². The van der Waals surface area contributed by atoms with E-state index in [9.17, 15) is 14.4 Å². The van der Waals surface area contributed by atoms with Crippen molar-refractivity contribution in [3.63, 3.8) is 0 Å². The molecule has 156 valence electrons. The lowest BCUT2D eigenvalue weighted by molar-refractivity contribution is -0.125. The maximum absolute atomic E-state index is 12.5. The molecule has 3 aliphatic heterocycles. The van der Waals surface area contributed by atoms with Gasteiger partial charge in [-0.25, -0.2) is 4.98 Å². The van der Waals surface area contributed by atoms with Gasteiger partial charge in [-0.1, -0.05) is 5.92 Å². The summed E-state index contributed by atoms with van der Waals surface area (Å²) in [6, 6.07) is 6.86. The normalized spacial score (nSPS) is 16.9. The highest BCUT2D eigenvalue weighted by molar-refractivity contribution is 6.23. The highest BCUT2D eigenvalue weighted by atomic mass is 16.7. The summed E-state index contributed by atoms with van der Waals surface area (Å²) in [6.07, 6.45) is 1.53. The molecule has 0 aliphatic carbocycles. The molecule has 9 nitrogen and oxygen atoms in total. The Balaban J connectivity index is 1.26. The number of carbonyl (C=O) groups is 3. The zero-order chi connectivity index (χ0) is 21.5. The number of aromatic nitrogens is 1. The van der Waals surface area contributed by atoms with Crippen LogP contribution in [0.25, 0.3) is 0 Å². The van der Waals surface area contributed by atoms with Crippen molar-refractivity contribution in [2.24, 2.45) is 0 Å². The second kappa shape index (κ2) is 7.32. The fraction of sp³-hybridized carbons (Fsp3) is 0.273. The molecule has 1 fully saturated rings. The fourth-order valence-corrected chi connectivity index (χ4v) is 3.82. The Kier molecular flexibility index (Phi) is 4.47. The van der Waals surface area contributed by atoms with E-state index in [1.807, 2.05) is 4.90 Å². The molecule has 5 rings (SSSR count). The van der Waals surface area contributed by atoms with Gasteiger partial charge in [0.15, 0.2) is 11.5 Å². The number of nitrogens with zero attached hydrogens (tertiary/aromatic N) is 4. The average Bonchev–Trinajstić information content (AvgIpc) is 3.36. The van der Waals surface area contributed by atoms with Crippen molar-refractivity contribution in [3.05, 3.63) is 47.2 Å². The van der Waals surface area contributed by atoms with E-state index < -0.39 is 0 Å². The SMILES string of the molecule is CN1C(=O)c2ccnc(N3CCN(C(=O)C#Cc4ccc5c(c4)OCO5)CC3)c2C1=O. The van der Waals surface area contributed by atoms with Crippen LogP contribution in [0.1, 0.15) is 26.3 Å². The van der Waals surface area contributed by atoms with Crippen molar-refractivity contribution < 1.29 is 23.9 Å². The smallest absolute Gasteiger partial charge is 0.298 e. The summed E-state index contributed by atoms with van der Waals surface area (Å²) in [5.74, 6) is 6.38. The highest BCUT2D eigenvalue weighted by Crippen LogP contribution is 2.32. The molecule has 0 unspecified atom stereocenters. The van der Waals surface area contributed by atoms with Crippen LogP contribution in [0.2, 0.25) is 0 Å². The van der Waals surface area contributed by atoms with Crippen molar-refractivity contribution in [2.75, 3.05) is 44.9 Å². The molecule has 0 bridgehead atoms. The lowest BCUT2D eigenvalue weighted by Gasteiger charge is -2.35. The minimum Gasteiger partial charge on any atom is -0.454 e. The number of hydrogen-bond donors (Lipinski definition) is 0. The Hall–Kier alpha value is -4.06. The average molecular weight is 418 g/mol. The number of hydrogen-bond acceptors (Lipinski definition) is 7. The van der Waals surface area contributed by atoms with Gasteiger partial charge in [0.25, 0.3) is 17.7 Å². The number of amides is 3. The molecule has 0 saturated carbocycles. The first-order chi connectivity index (χ1) is 15.0. The van der Waals surface area contributed by atoms with Gasteiger partial charge in [-0.15, -0.1) is 0 Å². The van der Waals surface area contributed by atoms with Gasteiger partial charge in [0.05, 0.1) is 11.1 Å². The minimum absolute atomic E-state index is 0.185. The van der Waals surface area contributed by atoms with Gasteiger partial charge in [-0.2, -0.15) is 0 Å². The molecule has 1 aromatic carbocycles. The van der Waals surface area contributed by atoms with Crippen LogP contribution in [0.3, 0.4) is 0 Å². The molecule has 9 heteroatoms. The fourth-order valence-electron chi connectivity index (χ4n) is 3.82. The molecular weight excluding hydrogens is 400 g/mol. The predicted molar refractivity (Wildman–Crippen MR) is 109 cm³/mol. The number of rotatable bonds is 1. The summed E-state index contributed by atoms with van der Waals surface area (Å²) in [4.78, 5) is 46.2. The molecule has 0 atom stereocenters. The van der Waals surface area contributed by atoms with Crippen LogP contribution < -0.4 is 14.4 Å². The van der Waals surface area contributed by atoms with E-state index >= 15 is 0 Å². The van der Waals surface area contributed by atoms with Gasteiger partial charge in [0.1, 0.15) is 5.82 Å². The van der Waals surface area contributed by atoms with Crippen LogP contribution in [0.4, 0.5) is 5.82 Å². The maximum Gasteiger partial charge on any atom is 0.298 e. The Morgan fingerprint density at radius 3 is 2.61 bits per heavy atom. The second-order valence-electron chi connectivity index (χ2n) is 7.32. The third-order valence-corrected chi connectivity index (χ3v) is 5.54. The van der Waals surface area contributed by atoms with E-state index in [0.717, 1.165) is 4.90 Å². The Labute approximate surface area is 178 Å². The van der Waals surface area contributed by atoms with E-state index in [-0.39, 0.29) is 24.5 Å². The van der Waals surface area contributed by atoms with Crippen LogP contribution >= 0.6 is 0 Å². The second-order valence-corrected chi connectivity index (χ2v) is 7.32. The van der Waals surface area contributed by atoms with Gasteiger partial charge in [-0.05, 0) is 24.3 Å². The van der Waals surface area contributed by atoms with Gasteiger partial charge in [0.2, 0.25) is 6.79 Å². The number of imide groups is 1. The Morgan fingerprint density at radius 2 is 1.81 bits per heavy atom. The van der Waals surface area contributed by atoms with Crippen LogP contribution in [0.15, 0.2) is 30.5 Å². The molecule has 1 saturated heterocycles. The quantitative estimate of drug-likeness (QED) is 0.498. The van der Waals surface area contributed by atoms with Crippen LogP contribution in [0, 0.1) is 11.8 Å². The monoisotopic (exact) mass is 418 g/mol. The molecule has 1 aromatic heterocycles. The Morgan fingerprint density at radius 1 is 1.03 bits per heavy atom. The molecule has 3 aliphatic rings. The van der Waals surface area contributed by atoms with Crippen LogP contribution in [-0.2, 0) is 4.79 Å². The zero-order valence-corrected chi connectivity index (χ0v) is 16.8. The molecule has 4 heterocycles. The minimum atomic E-state index is -0.351. The highest BCUT2D eigenvalue weighted by Gasteiger charge is 2.37. The number of ether oxygens (including phenoxy) is 2. The van der Waals surface area contributed by atoms with Gasteiger partial charge >= 0.3 is 0 Å². The van der Waals surface area contributed by atoms with Gasteiger partial charge in [0, 0.05) is 50.9 Å². The number of anilines is 1. The van der Waals surface area contributed by atoms with E-state index in [1.54, 1.807) is 29.2 Å². The van der Waals surface area contributed by atoms with Crippen molar-refractivity contribution in [2.45, 2.75) is 0 Å². The molecule has 0 spiro atoms. The lowest BCUT2D eigenvalue weighted by atomic mass is 10.1. The zero-order valence-electron chi connectivity index (χ0n) is 16.8. The predicted octanol–water partition coefficient (Wildman–Crippen LogP) is 0.736. The number of carbonyl (C=O) groups excluding carboxylic acids is 3. The summed E-state index contributed by atoms with van der Waals surface area (Å²) in [7, 11) is 1.46. The van der Waals surface area contributed by atoms with Crippen molar-refractivity contribution in [3.8, 4) is 23.3 Å². The van der Waals surface area contributed by atoms with Crippen molar-refractivity contribution in [1.82, 2.24) is 14.8 Å². The lowest BCUT2D eigenvalue weighted by Crippen LogP contribution is -2.49. The standard InChI is InChI=1S/C22H18N4O5/c1-24-21(28)15-6-7-23-20(19(15)22(24)29)26-10-8-25(9-11-26)18(27)5-3-14-2-4-16-17(12-14)31-13-30-16/h2,4,6-7,12H,8-11,13H2,1H3. The van der Waals surface area contributed by atoms with E-state index in [2.05, 4.69) is 16.8 Å². The summed E-state index contributed by atoms with van der Waals surface area (Å²) < 4.78 is 10.6. The topological polar surface area (TPSA) is 92.3 Å². The first-order valence-electron chi connectivity index (χ1n) is 9.80. The van der Waals surface area contributed by atoms with Crippen molar-refractivity contribution >= 4 is 23.5 Å². The number of benzene rings is 1. The van der Waals surface area contributed by atoms with E-state index in [0.29, 0.717) is 60.2 Å². The largest absolute Gasteiger partial charge is 0.454 e. The number of pyridine rings is 1. The first-order valence-corrected chi connectivity index (χ1v) is 9.80. The van der Waals surface area contributed by atoms with E-state index in [4.69, 9.17) is 9.47 Å². The van der Waals surface area contributed by atoms with Crippen LogP contribution in [0.5, 0.6) is 11.5 Å². The van der Waals surface area contributed by atoms with Gasteiger partial charge in [-0.3, -0.25) is 19.3 Å². The number of fused-ring (bicyclic) bond motifs is 2. The van der Waals surface area contributed by atoms with Gasteiger partial charge < -0.3 is 19.3 Å². The third kappa shape index (κ3) is 3.22. The molecule has 3 amide bonds. The first kappa shape index (κ1) is 18.9. The molecular formula is C22H18N4O5. The molecule has 0 radical (unpaired) electrons. The molecule has 31 heavy (non-hydrogen) atoms. The number of piperazine rings is 1. The summed E-state index contributed by atoms with van der Waals surface area (Å²) >= 11 is 0. The maximum atomic E-state index is 12.5. The Bertz CT molecular complexity index is 1170.